The molecule has 2 N–H and O–H groups in total. The lowest BCUT2D eigenvalue weighted by atomic mass is 10.0. The predicted molar refractivity (Wildman–Crippen MR) is 68.9 cm³/mol. The zero-order chi connectivity index (χ0) is 11.9. The minimum atomic E-state index is 0.678. The summed E-state index contributed by atoms with van der Waals surface area (Å²) >= 11 is 0. The summed E-state index contributed by atoms with van der Waals surface area (Å²) in [6.07, 6.45) is 3.16. The lowest BCUT2D eigenvalue weighted by Crippen LogP contribution is -2.20. The molecule has 0 unspecified atom stereocenters. The lowest BCUT2D eigenvalue weighted by molar-refractivity contribution is 0.0214. The minimum absolute atomic E-state index is 0.678. The number of hydrogen-bond donors (Lipinski definition) is 1. The number of ether oxygens (including phenoxy) is 2. The molecule has 0 radical (unpaired) electrons. The number of rotatable bonds is 5. The van der Waals surface area contributed by atoms with Gasteiger partial charge in [0.05, 0.1) is 6.61 Å². The Morgan fingerprint density at radius 2 is 2.00 bits per heavy atom. The van der Waals surface area contributed by atoms with Crippen molar-refractivity contribution in [3.05, 3.63) is 29.8 Å². The van der Waals surface area contributed by atoms with Gasteiger partial charge in [-0.25, -0.2) is 0 Å². The highest BCUT2D eigenvalue weighted by atomic mass is 16.5. The third-order valence-electron chi connectivity index (χ3n) is 3.27. The molecule has 1 fully saturated rings. The molecule has 1 aromatic carbocycles. The van der Waals surface area contributed by atoms with Gasteiger partial charge in [0, 0.05) is 25.5 Å². The molecule has 0 saturated carbocycles. The number of nitrogens with two attached hydrogens (primary N) is 1. The molecule has 94 valence electrons. The molecule has 1 aliphatic rings. The Kier molecular flexibility index (Phi) is 4.83. The number of anilines is 1. The number of para-hydroxylation sites is 1. The van der Waals surface area contributed by atoms with Gasteiger partial charge in [-0.15, -0.1) is 0 Å². The third kappa shape index (κ3) is 4.02. The molecule has 2 rings (SSSR count). The summed E-state index contributed by atoms with van der Waals surface area (Å²) in [4.78, 5) is 0. The largest absolute Gasteiger partial charge is 0.399 e. The summed E-state index contributed by atoms with van der Waals surface area (Å²) in [5, 5.41) is 0. The predicted octanol–water partition coefficient (Wildman–Crippen LogP) is 2.25. The van der Waals surface area contributed by atoms with Gasteiger partial charge in [0.25, 0.3) is 0 Å². The van der Waals surface area contributed by atoms with Gasteiger partial charge in [0.2, 0.25) is 0 Å². The van der Waals surface area contributed by atoms with E-state index in [-0.39, 0.29) is 0 Å². The first kappa shape index (κ1) is 12.4. The lowest BCUT2D eigenvalue weighted by Gasteiger charge is -2.21. The van der Waals surface area contributed by atoms with E-state index in [1.165, 1.54) is 5.56 Å². The normalized spacial score (nSPS) is 17.2. The van der Waals surface area contributed by atoms with Gasteiger partial charge in [0.1, 0.15) is 0 Å². The van der Waals surface area contributed by atoms with Crippen molar-refractivity contribution in [3.8, 4) is 0 Å². The van der Waals surface area contributed by atoms with E-state index in [2.05, 4.69) is 6.07 Å². The van der Waals surface area contributed by atoms with Gasteiger partial charge in [-0.2, -0.15) is 0 Å². The van der Waals surface area contributed by atoms with Gasteiger partial charge in [-0.1, -0.05) is 18.2 Å². The summed E-state index contributed by atoms with van der Waals surface area (Å²) in [7, 11) is 0. The molecule has 0 aromatic heterocycles. The number of benzene rings is 1. The van der Waals surface area contributed by atoms with Crippen molar-refractivity contribution in [2.75, 3.05) is 32.2 Å². The van der Waals surface area contributed by atoms with E-state index >= 15 is 0 Å². The molecule has 0 spiro atoms. The van der Waals surface area contributed by atoms with Crippen LogP contribution in [0.5, 0.6) is 0 Å². The second kappa shape index (κ2) is 6.62. The van der Waals surface area contributed by atoms with E-state index < -0.39 is 0 Å². The van der Waals surface area contributed by atoms with E-state index in [0.29, 0.717) is 5.92 Å². The van der Waals surface area contributed by atoms with Crippen LogP contribution in [0.3, 0.4) is 0 Å². The average Bonchev–Trinajstić information content (AvgIpc) is 2.38. The summed E-state index contributed by atoms with van der Waals surface area (Å²) in [6, 6.07) is 7.98. The molecule has 1 aliphatic heterocycles. The van der Waals surface area contributed by atoms with Gasteiger partial charge in [-0.05, 0) is 36.8 Å². The van der Waals surface area contributed by atoms with E-state index in [9.17, 15) is 0 Å². The molecular formula is C14H21NO2. The molecule has 3 nitrogen and oxygen atoms in total. The maximum atomic E-state index is 5.87. The highest BCUT2D eigenvalue weighted by molar-refractivity contribution is 5.46. The maximum absolute atomic E-state index is 5.87. The quantitative estimate of drug-likeness (QED) is 0.629. The Bertz CT molecular complexity index is 335. The van der Waals surface area contributed by atoms with Crippen LogP contribution in [0.15, 0.2) is 24.3 Å². The van der Waals surface area contributed by atoms with Crippen molar-refractivity contribution in [2.24, 2.45) is 5.92 Å². The summed E-state index contributed by atoms with van der Waals surface area (Å²) in [6.45, 7) is 3.39. The highest BCUT2D eigenvalue weighted by Gasteiger charge is 2.13. The molecule has 1 saturated heterocycles. The summed E-state index contributed by atoms with van der Waals surface area (Å²) in [5.74, 6) is 0.678. The molecule has 0 amide bonds. The van der Waals surface area contributed by atoms with E-state index in [0.717, 1.165) is 51.4 Å². The Balaban J connectivity index is 1.64. The van der Waals surface area contributed by atoms with Gasteiger partial charge < -0.3 is 15.2 Å². The first-order chi connectivity index (χ1) is 8.36. The first-order valence-corrected chi connectivity index (χ1v) is 6.35. The fraction of sp³-hybridized carbons (Fsp3) is 0.571. The van der Waals surface area contributed by atoms with E-state index in [1.807, 2.05) is 18.2 Å². The SMILES string of the molecule is Nc1ccccc1CCOCC1CCOCC1. The summed E-state index contributed by atoms with van der Waals surface area (Å²) < 4.78 is 11.0. The number of hydrogen-bond acceptors (Lipinski definition) is 3. The van der Waals surface area contributed by atoms with Gasteiger partial charge in [0.15, 0.2) is 0 Å². The van der Waals surface area contributed by atoms with Gasteiger partial charge >= 0.3 is 0 Å². The van der Waals surface area contributed by atoms with Crippen LogP contribution in [-0.4, -0.2) is 26.4 Å². The van der Waals surface area contributed by atoms with Crippen molar-refractivity contribution in [2.45, 2.75) is 19.3 Å². The van der Waals surface area contributed by atoms with Crippen molar-refractivity contribution in [1.29, 1.82) is 0 Å². The molecule has 17 heavy (non-hydrogen) atoms. The Labute approximate surface area is 103 Å². The van der Waals surface area contributed by atoms with Crippen molar-refractivity contribution in [1.82, 2.24) is 0 Å². The average molecular weight is 235 g/mol. The van der Waals surface area contributed by atoms with Crippen molar-refractivity contribution < 1.29 is 9.47 Å². The molecule has 3 heteroatoms. The first-order valence-electron chi connectivity index (χ1n) is 6.35. The fourth-order valence-electron chi connectivity index (χ4n) is 2.11. The van der Waals surface area contributed by atoms with E-state index in [4.69, 9.17) is 15.2 Å². The second-order valence-electron chi connectivity index (χ2n) is 4.58. The van der Waals surface area contributed by atoms with Crippen molar-refractivity contribution in [3.63, 3.8) is 0 Å². The zero-order valence-corrected chi connectivity index (χ0v) is 10.2. The second-order valence-corrected chi connectivity index (χ2v) is 4.58. The fourth-order valence-corrected chi connectivity index (χ4v) is 2.11. The standard InChI is InChI=1S/C14H21NO2/c15-14-4-2-1-3-13(14)7-10-17-11-12-5-8-16-9-6-12/h1-4,12H,5-11,15H2. The third-order valence-corrected chi connectivity index (χ3v) is 3.27. The van der Waals surface area contributed by atoms with Crippen LogP contribution < -0.4 is 5.73 Å². The van der Waals surface area contributed by atoms with Crippen LogP contribution in [0.25, 0.3) is 0 Å². The van der Waals surface area contributed by atoms with Crippen LogP contribution in [0.1, 0.15) is 18.4 Å². The number of nitrogen functional groups attached to an aromatic ring is 1. The van der Waals surface area contributed by atoms with Crippen molar-refractivity contribution >= 4 is 5.69 Å². The monoisotopic (exact) mass is 235 g/mol. The van der Waals surface area contributed by atoms with Crippen LogP contribution in [-0.2, 0) is 15.9 Å². The van der Waals surface area contributed by atoms with Crippen LogP contribution >= 0.6 is 0 Å². The highest BCUT2D eigenvalue weighted by Crippen LogP contribution is 2.15. The van der Waals surface area contributed by atoms with E-state index in [1.54, 1.807) is 0 Å². The molecule has 0 bridgehead atoms. The Hall–Kier alpha value is -1.06. The van der Waals surface area contributed by atoms with Crippen LogP contribution in [0, 0.1) is 5.92 Å². The van der Waals surface area contributed by atoms with Crippen LogP contribution in [0.2, 0.25) is 0 Å². The molecule has 0 aliphatic carbocycles. The Morgan fingerprint density at radius 3 is 2.76 bits per heavy atom. The molecule has 1 heterocycles. The summed E-state index contributed by atoms with van der Waals surface area (Å²) in [5.41, 5.74) is 7.92. The van der Waals surface area contributed by atoms with Crippen LogP contribution in [0.4, 0.5) is 5.69 Å². The smallest absolute Gasteiger partial charge is 0.0507 e. The topological polar surface area (TPSA) is 44.5 Å². The molecular weight excluding hydrogens is 214 g/mol. The van der Waals surface area contributed by atoms with Gasteiger partial charge in [-0.3, -0.25) is 0 Å². The maximum Gasteiger partial charge on any atom is 0.0507 e. The Morgan fingerprint density at radius 1 is 1.24 bits per heavy atom. The zero-order valence-electron chi connectivity index (χ0n) is 10.2. The minimum Gasteiger partial charge on any atom is -0.399 e. The molecule has 0 atom stereocenters. The molecule has 1 aromatic rings.